The first-order valence-electron chi connectivity index (χ1n) is 14.2. The Balaban J connectivity index is 1.71. The quantitative estimate of drug-likeness (QED) is 0.211. The molecule has 1 fully saturated rings. The lowest BCUT2D eigenvalue weighted by Crippen LogP contribution is -2.44. The summed E-state index contributed by atoms with van der Waals surface area (Å²) in [5.74, 6) is -5.21. The summed E-state index contributed by atoms with van der Waals surface area (Å²) in [6, 6.07) is 10.6. The van der Waals surface area contributed by atoms with E-state index in [1.807, 2.05) is 30.3 Å². The molecule has 4 atom stereocenters. The van der Waals surface area contributed by atoms with Crippen molar-refractivity contribution >= 4 is 29.8 Å². The first kappa shape index (κ1) is 33.8. The van der Waals surface area contributed by atoms with Crippen molar-refractivity contribution in [1.82, 2.24) is 10.3 Å². The van der Waals surface area contributed by atoms with Gasteiger partial charge in [-0.25, -0.2) is 4.98 Å². The maximum Gasteiger partial charge on any atom is 0.313 e. The zero-order valence-corrected chi connectivity index (χ0v) is 25.4. The summed E-state index contributed by atoms with van der Waals surface area (Å²) in [7, 11) is 1.37. The molecule has 1 unspecified atom stereocenters. The van der Waals surface area contributed by atoms with Gasteiger partial charge in [0.1, 0.15) is 18.6 Å². The van der Waals surface area contributed by atoms with Crippen LogP contribution in [0.1, 0.15) is 50.2 Å². The third-order valence-electron chi connectivity index (χ3n) is 6.73. The van der Waals surface area contributed by atoms with Crippen LogP contribution in [0.3, 0.4) is 0 Å². The molecule has 0 bridgehead atoms. The van der Waals surface area contributed by atoms with Gasteiger partial charge in [-0.1, -0.05) is 51.1 Å². The standard InChI is InChI=1S/C31H38N2O11/c1-18(2)29(36)42-17-41-27-23(39-5)11-13-32-25(27)28(35)33-16-19(3)30(37)44-26-20(4)43-24(34)12-14-40-31(38)22(26)15-21-9-7-6-8-10-21/h6-11,13,18-20,22,26H,12,14-17H2,1-5H3,(H,33,35)/t19?,20-,22+,26-/m0/s1. The van der Waals surface area contributed by atoms with Gasteiger partial charge in [-0.15, -0.1) is 0 Å². The zero-order chi connectivity index (χ0) is 32.2. The van der Waals surface area contributed by atoms with Crippen molar-refractivity contribution in [3.05, 3.63) is 53.9 Å². The molecule has 44 heavy (non-hydrogen) atoms. The van der Waals surface area contributed by atoms with E-state index >= 15 is 0 Å². The van der Waals surface area contributed by atoms with Crippen LogP contribution in [0, 0.1) is 17.8 Å². The fourth-order valence-electron chi connectivity index (χ4n) is 4.25. The minimum Gasteiger partial charge on any atom is -0.493 e. The van der Waals surface area contributed by atoms with E-state index in [1.54, 1.807) is 20.8 Å². The number of ether oxygens (including phenoxy) is 6. The normalized spacial score (nSPS) is 19.3. The van der Waals surface area contributed by atoms with Crippen LogP contribution in [0.4, 0.5) is 0 Å². The van der Waals surface area contributed by atoms with Crippen LogP contribution in [0.25, 0.3) is 0 Å². The molecule has 1 N–H and O–H groups in total. The van der Waals surface area contributed by atoms with Gasteiger partial charge in [0.2, 0.25) is 6.79 Å². The van der Waals surface area contributed by atoms with E-state index in [2.05, 4.69) is 10.3 Å². The van der Waals surface area contributed by atoms with Gasteiger partial charge in [0.25, 0.3) is 5.91 Å². The number of benzene rings is 1. The van der Waals surface area contributed by atoms with E-state index in [1.165, 1.54) is 26.3 Å². The van der Waals surface area contributed by atoms with Gasteiger partial charge in [-0.3, -0.25) is 24.0 Å². The molecule has 1 aromatic carbocycles. The number of nitrogens with one attached hydrogen (secondary N) is 1. The number of nitrogens with zero attached hydrogens (tertiary/aromatic N) is 1. The molecule has 238 valence electrons. The predicted octanol–water partition coefficient (Wildman–Crippen LogP) is 2.64. The van der Waals surface area contributed by atoms with Crippen molar-refractivity contribution in [3.8, 4) is 11.5 Å². The number of hydrogen-bond acceptors (Lipinski definition) is 12. The lowest BCUT2D eigenvalue weighted by molar-refractivity contribution is -0.176. The molecule has 1 aliphatic heterocycles. The summed E-state index contributed by atoms with van der Waals surface area (Å²) in [6.45, 7) is 5.61. The fourth-order valence-corrected chi connectivity index (χ4v) is 4.25. The SMILES string of the molecule is COc1ccnc(C(=O)NCC(C)C(=O)O[C@H]2[C@H](C)OC(=O)CCOC(=O)[C@@H]2Cc2ccccc2)c1OCOC(=O)C(C)C. The third-order valence-corrected chi connectivity index (χ3v) is 6.73. The molecule has 0 saturated carbocycles. The van der Waals surface area contributed by atoms with Crippen molar-refractivity contribution in [2.24, 2.45) is 17.8 Å². The number of amides is 1. The highest BCUT2D eigenvalue weighted by Crippen LogP contribution is 2.30. The smallest absolute Gasteiger partial charge is 0.313 e. The lowest BCUT2D eigenvalue weighted by Gasteiger charge is -2.30. The van der Waals surface area contributed by atoms with Crippen molar-refractivity contribution in [2.45, 2.75) is 52.7 Å². The molecule has 0 aliphatic carbocycles. The molecule has 1 amide bonds. The largest absolute Gasteiger partial charge is 0.493 e. The molecule has 2 heterocycles. The maximum atomic E-state index is 13.2. The molecule has 13 heteroatoms. The Morgan fingerprint density at radius 2 is 1.80 bits per heavy atom. The second-order valence-electron chi connectivity index (χ2n) is 10.5. The lowest BCUT2D eigenvalue weighted by atomic mass is 9.91. The number of carbonyl (C=O) groups excluding carboxylic acids is 5. The van der Waals surface area contributed by atoms with E-state index < -0.39 is 60.6 Å². The molecule has 2 aromatic rings. The van der Waals surface area contributed by atoms with Crippen molar-refractivity contribution < 1.29 is 52.4 Å². The summed E-state index contributed by atoms with van der Waals surface area (Å²) >= 11 is 0. The second-order valence-corrected chi connectivity index (χ2v) is 10.5. The number of cyclic esters (lactones) is 2. The first-order chi connectivity index (χ1) is 21.0. The molecular weight excluding hydrogens is 576 g/mol. The summed E-state index contributed by atoms with van der Waals surface area (Å²) < 4.78 is 32.3. The topological polar surface area (TPSA) is 166 Å². The average molecular weight is 615 g/mol. The minimum absolute atomic E-state index is 0.0530. The van der Waals surface area contributed by atoms with Crippen LogP contribution in [-0.2, 0) is 44.5 Å². The Bertz CT molecular complexity index is 1310. The van der Waals surface area contributed by atoms with Crippen LogP contribution in [-0.4, -0.2) is 74.0 Å². The number of esters is 4. The molecule has 3 rings (SSSR count). The fraction of sp³-hybridized carbons (Fsp3) is 0.484. The van der Waals surface area contributed by atoms with E-state index in [-0.39, 0.29) is 49.1 Å². The molecule has 1 saturated heterocycles. The van der Waals surface area contributed by atoms with Crippen LogP contribution in [0.2, 0.25) is 0 Å². The Hall–Kier alpha value is -4.68. The summed E-state index contributed by atoms with van der Waals surface area (Å²) in [5, 5.41) is 2.61. The molecular formula is C31H38N2O11. The number of carbonyl (C=O) groups is 5. The predicted molar refractivity (Wildman–Crippen MR) is 153 cm³/mol. The molecule has 13 nitrogen and oxygen atoms in total. The number of aromatic nitrogens is 1. The highest BCUT2D eigenvalue weighted by Gasteiger charge is 2.40. The van der Waals surface area contributed by atoms with E-state index in [4.69, 9.17) is 28.4 Å². The van der Waals surface area contributed by atoms with Crippen LogP contribution < -0.4 is 14.8 Å². The Morgan fingerprint density at radius 1 is 1.07 bits per heavy atom. The van der Waals surface area contributed by atoms with E-state index in [0.29, 0.717) is 0 Å². The highest BCUT2D eigenvalue weighted by molar-refractivity contribution is 5.96. The van der Waals surface area contributed by atoms with Gasteiger partial charge in [0, 0.05) is 18.8 Å². The third kappa shape index (κ3) is 9.41. The maximum absolute atomic E-state index is 13.2. The Kier molecular flexibility index (Phi) is 12.5. The number of pyridine rings is 1. The van der Waals surface area contributed by atoms with Gasteiger partial charge in [-0.2, -0.15) is 0 Å². The molecule has 1 aliphatic rings. The minimum atomic E-state index is -1.15. The molecule has 1 aromatic heterocycles. The Morgan fingerprint density at radius 3 is 2.48 bits per heavy atom. The number of methoxy groups -OCH3 is 1. The van der Waals surface area contributed by atoms with Crippen molar-refractivity contribution in [1.29, 1.82) is 0 Å². The second kappa shape index (κ2) is 16.2. The number of hydrogen-bond donors (Lipinski definition) is 1. The van der Waals surface area contributed by atoms with Crippen LogP contribution in [0.5, 0.6) is 11.5 Å². The van der Waals surface area contributed by atoms with Crippen LogP contribution in [0.15, 0.2) is 42.6 Å². The summed E-state index contributed by atoms with van der Waals surface area (Å²) in [4.78, 5) is 67.4. The van der Waals surface area contributed by atoms with Gasteiger partial charge in [-0.05, 0) is 18.9 Å². The molecule has 0 radical (unpaired) electrons. The van der Waals surface area contributed by atoms with E-state index in [9.17, 15) is 24.0 Å². The van der Waals surface area contributed by atoms with Gasteiger partial charge < -0.3 is 33.7 Å². The Labute approximate surface area is 255 Å². The first-order valence-corrected chi connectivity index (χ1v) is 14.2. The van der Waals surface area contributed by atoms with Crippen LogP contribution >= 0.6 is 0 Å². The molecule has 0 spiro atoms. The highest BCUT2D eigenvalue weighted by atomic mass is 16.7. The van der Waals surface area contributed by atoms with E-state index in [0.717, 1.165) is 5.56 Å². The van der Waals surface area contributed by atoms with Gasteiger partial charge in [0.05, 0.1) is 25.4 Å². The van der Waals surface area contributed by atoms with Crippen molar-refractivity contribution in [3.63, 3.8) is 0 Å². The van der Waals surface area contributed by atoms with Gasteiger partial charge >= 0.3 is 23.9 Å². The van der Waals surface area contributed by atoms with Gasteiger partial charge in [0.15, 0.2) is 23.3 Å². The van der Waals surface area contributed by atoms with Crippen molar-refractivity contribution in [2.75, 3.05) is 27.1 Å². The average Bonchev–Trinajstić information content (AvgIpc) is 3.05. The summed E-state index contributed by atoms with van der Waals surface area (Å²) in [5.41, 5.74) is 0.643. The summed E-state index contributed by atoms with van der Waals surface area (Å²) in [6.07, 6.45) is -0.699. The number of rotatable bonds is 12. The zero-order valence-electron chi connectivity index (χ0n) is 25.4. The monoisotopic (exact) mass is 614 g/mol.